The monoisotopic (exact) mass is 498 g/mol. The Balaban J connectivity index is 1.87. The van der Waals surface area contributed by atoms with E-state index in [0.29, 0.717) is 23.4 Å². The number of aromatic hydroxyl groups is 1. The fourth-order valence-corrected chi connectivity index (χ4v) is 5.69. The fraction of sp³-hybridized carbons (Fsp3) is 0.423. The molecule has 2 aliphatic rings. The summed E-state index contributed by atoms with van der Waals surface area (Å²) in [4.78, 5) is 42.4. The van der Waals surface area contributed by atoms with Crippen molar-refractivity contribution in [3.63, 3.8) is 0 Å². The Morgan fingerprint density at radius 2 is 1.89 bits per heavy atom. The smallest absolute Gasteiger partial charge is 0.327 e. The molecule has 0 saturated carbocycles. The van der Waals surface area contributed by atoms with Crippen LogP contribution in [0, 0.1) is 18.8 Å². The van der Waals surface area contributed by atoms with Gasteiger partial charge in [-0.15, -0.1) is 0 Å². The van der Waals surface area contributed by atoms with Crippen LogP contribution < -0.4 is 15.0 Å². The summed E-state index contributed by atoms with van der Waals surface area (Å²) in [7, 11) is 1.44. The normalized spacial score (nSPS) is 25.6. The van der Waals surface area contributed by atoms with E-state index in [4.69, 9.17) is 9.47 Å². The average Bonchev–Trinajstić information content (AvgIpc) is 3.33. The van der Waals surface area contributed by atoms with Gasteiger partial charge in [-0.2, -0.15) is 11.8 Å². The molecule has 0 aromatic heterocycles. The van der Waals surface area contributed by atoms with Crippen LogP contribution in [0.3, 0.4) is 0 Å². The SMILES string of the molecule is CCOC(=O)[C@]1(CCSC)N[C@H](c2ccc(O)c(OC)c2)[C@H]2C(=O)N(c3ccc(C)cc3)C(=O)[C@H]21. The van der Waals surface area contributed by atoms with E-state index < -0.39 is 35.3 Å². The number of ether oxygens (including phenoxy) is 2. The maximum absolute atomic E-state index is 13.9. The van der Waals surface area contributed by atoms with Crippen molar-refractivity contribution < 1.29 is 29.0 Å². The number of aryl methyl sites for hydroxylation is 1. The molecular formula is C26H30N2O6S. The van der Waals surface area contributed by atoms with Gasteiger partial charge in [0.1, 0.15) is 5.54 Å². The maximum Gasteiger partial charge on any atom is 0.327 e. The van der Waals surface area contributed by atoms with Gasteiger partial charge in [0.25, 0.3) is 0 Å². The summed E-state index contributed by atoms with van der Waals surface area (Å²) < 4.78 is 10.7. The topological polar surface area (TPSA) is 105 Å². The molecule has 2 heterocycles. The second-order valence-electron chi connectivity index (χ2n) is 8.84. The van der Waals surface area contributed by atoms with Crippen LogP contribution in [0.15, 0.2) is 42.5 Å². The summed E-state index contributed by atoms with van der Waals surface area (Å²) in [5, 5.41) is 13.5. The molecule has 2 saturated heterocycles. The summed E-state index contributed by atoms with van der Waals surface area (Å²) in [6.07, 6.45) is 2.24. The predicted molar refractivity (Wildman–Crippen MR) is 134 cm³/mol. The Morgan fingerprint density at radius 3 is 2.51 bits per heavy atom. The molecule has 186 valence electrons. The standard InChI is InChI=1S/C26H30N2O6S/c1-5-34-25(32)26(12-13-35-4)21-20(22(27-26)16-8-11-18(29)19(14-16)33-3)23(30)28(24(21)31)17-9-6-15(2)7-10-17/h6-11,14,20-22,27,29H,5,12-13H2,1-4H3/t20-,21-,22+,26+/m0/s1. The fourth-order valence-electron chi connectivity index (χ4n) is 5.17. The number of esters is 1. The second kappa shape index (κ2) is 9.91. The Morgan fingerprint density at radius 1 is 1.17 bits per heavy atom. The molecular weight excluding hydrogens is 468 g/mol. The van der Waals surface area contributed by atoms with E-state index in [9.17, 15) is 19.5 Å². The molecule has 35 heavy (non-hydrogen) atoms. The number of methoxy groups -OCH3 is 1. The maximum atomic E-state index is 13.9. The average molecular weight is 499 g/mol. The third-order valence-corrected chi connectivity index (χ3v) is 7.46. The summed E-state index contributed by atoms with van der Waals surface area (Å²) >= 11 is 1.55. The molecule has 0 bridgehead atoms. The van der Waals surface area contributed by atoms with Gasteiger partial charge in [-0.1, -0.05) is 23.8 Å². The van der Waals surface area contributed by atoms with Gasteiger partial charge in [0.05, 0.1) is 31.2 Å². The van der Waals surface area contributed by atoms with Crippen LogP contribution in [-0.2, 0) is 19.1 Å². The number of amides is 2. The zero-order valence-corrected chi connectivity index (χ0v) is 21.1. The van der Waals surface area contributed by atoms with Crippen LogP contribution in [0.2, 0.25) is 0 Å². The molecule has 2 amide bonds. The molecule has 2 N–H and O–H groups in total. The van der Waals surface area contributed by atoms with E-state index in [2.05, 4.69) is 5.32 Å². The highest BCUT2D eigenvalue weighted by Gasteiger charge is 2.68. The first-order chi connectivity index (χ1) is 16.8. The molecule has 8 nitrogen and oxygen atoms in total. The largest absolute Gasteiger partial charge is 0.504 e. The summed E-state index contributed by atoms with van der Waals surface area (Å²) in [5.41, 5.74) is 0.747. The van der Waals surface area contributed by atoms with Crippen molar-refractivity contribution in [3.05, 3.63) is 53.6 Å². The van der Waals surface area contributed by atoms with Crippen LogP contribution in [0.1, 0.15) is 30.5 Å². The molecule has 2 aliphatic heterocycles. The number of nitrogens with one attached hydrogen (secondary N) is 1. The van der Waals surface area contributed by atoms with Crippen LogP contribution in [-0.4, -0.2) is 54.2 Å². The number of hydrogen-bond donors (Lipinski definition) is 2. The lowest BCUT2D eigenvalue weighted by Crippen LogP contribution is -2.57. The van der Waals surface area contributed by atoms with Crippen molar-refractivity contribution in [1.29, 1.82) is 0 Å². The van der Waals surface area contributed by atoms with Crippen molar-refractivity contribution >= 4 is 35.2 Å². The van der Waals surface area contributed by atoms with Gasteiger partial charge in [0.15, 0.2) is 11.5 Å². The molecule has 0 unspecified atom stereocenters. The lowest BCUT2D eigenvalue weighted by molar-refractivity contribution is -0.154. The highest BCUT2D eigenvalue weighted by molar-refractivity contribution is 7.98. The van der Waals surface area contributed by atoms with Gasteiger partial charge >= 0.3 is 5.97 Å². The molecule has 2 aromatic carbocycles. The summed E-state index contributed by atoms with van der Waals surface area (Å²) in [6, 6.07) is 11.3. The quantitative estimate of drug-likeness (QED) is 0.422. The van der Waals surface area contributed by atoms with E-state index in [1.165, 1.54) is 18.1 Å². The van der Waals surface area contributed by atoms with E-state index in [1.807, 2.05) is 25.3 Å². The van der Waals surface area contributed by atoms with Crippen LogP contribution in [0.4, 0.5) is 5.69 Å². The van der Waals surface area contributed by atoms with Gasteiger partial charge in [-0.25, -0.2) is 4.90 Å². The molecule has 0 aliphatic carbocycles. The highest BCUT2D eigenvalue weighted by Crippen LogP contribution is 2.52. The molecule has 0 radical (unpaired) electrons. The number of fused-ring (bicyclic) bond motifs is 1. The van der Waals surface area contributed by atoms with Gasteiger partial charge in [-0.3, -0.25) is 19.7 Å². The number of phenolic OH excluding ortho intramolecular Hbond substituents is 1. The lowest BCUT2D eigenvalue weighted by atomic mass is 9.78. The molecule has 4 rings (SSSR count). The zero-order valence-electron chi connectivity index (χ0n) is 20.2. The molecule has 9 heteroatoms. The number of thioether (sulfide) groups is 1. The Labute approximate surface area is 209 Å². The van der Waals surface area contributed by atoms with Crippen LogP contribution in [0.5, 0.6) is 11.5 Å². The number of nitrogens with zero attached hydrogens (tertiary/aromatic N) is 1. The van der Waals surface area contributed by atoms with Crippen molar-refractivity contribution in [2.75, 3.05) is 30.6 Å². The van der Waals surface area contributed by atoms with E-state index >= 15 is 0 Å². The lowest BCUT2D eigenvalue weighted by Gasteiger charge is -2.33. The van der Waals surface area contributed by atoms with Crippen LogP contribution >= 0.6 is 11.8 Å². The number of benzene rings is 2. The molecule has 4 atom stereocenters. The highest BCUT2D eigenvalue weighted by atomic mass is 32.2. The number of phenols is 1. The second-order valence-corrected chi connectivity index (χ2v) is 9.82. The van der Waals surface area contributed by atoms with Gasteiger partial charge < -0.3 is 14.6 Å². The van der Waals surface area contributed by atoms with Gasteiger partial charge in [0.2, 0.25) is 11.8 Å². The molecule has 0 spiro atoms. The Bertz CT molecular complexity index is 1140. The van der Waals surface area contributed by atoms with Crippen molar-refractivity contribution in [2.24, 2.45) is 11.8 Å². The molecule has 2 fully saturated rings. The minimum absolute atomic E-state index is 0.0417. The minimum Gasteiger partial charge on any atom is -0.504 e. The van der Waals surface area contributed by atoms with Crippen molar-refractivity contribution in [2.45, 2.75) is 31.8 Å². The van der Waals surface area contributed by atoms with Crippen molar-refractivity contribution in [1.82, 2.24) is 5.32 Å². The number of hydrogen-bond acceptors (Lipinski definition) is 8. The zero-order chi connectivity index (χ0) is 25.3. The number of imide groups is 1. The van der Waals surface area contributed by atoms with Gasteiger partial charge in [0, 0.05) is 6.04 Å². The Kier molecular flexibility index (Phi) is 7.10. The Hall–Kier alpha value is -3.04. The van der Waals surface area contributed by atoms with E-state index in [1.54, 1.807) is 43.0 Å². The van der Waals surface area contributed by atoms with E-state index in [-0.39, 0.29) is 24.0 Å². The third-order valence-electron chi connectivity index (χ3n) is 6.85. The predicted octanol–water partition coefficient (Wildman–Crippen LogP) is 3.21. The third kappa shape index (κ3) is 4.16. The number of carbonyl (C=O) groups is 3. The van der Waals surface area contributed by atoms with Gasteiger partial charge in [-0.05, 0) is 62.1 Å². The summed E-state index contributed by atoms with van der Waals surface area (Å²) in [6.45, 7) is 3.80. The van der Waals surface area contributed by atoms with Crippen LogP contribution in [0.25, 0.3) is 0 Å². The minimum atomic E-state index is -1.37. The first-order valence-electron chi connectivity index (χ1n) is 11.5. The van der Waals surface area contributed by atoms with E-state index in [0.717, 1.165) is 5.56 Å². The number of carbonyl (C=O) groups excluding carboxylic acids is 3. The number of rotatable bonds is 8. The number of anilines is 1. The first kappa shape index (κ1) is 25.1. The first-order valence-corrected chi connectivity index (χ1v) is 12.9. The summed E-state index contributed by atoms with van der Waals surface area (Å²) in [5.74, 6) is -2.30. The van der Waals surface area contributed by atoms with Crippen molar-refractivity contribution in [3.8, 4) is 11.5 Å². The molecule has 2 aromatic rings.